The fraction of sp³-hybridized carbons (Fsp3) is 0.158. The Morgan fingerprint density at radius 3 is 2.57 bits per heavy atom. The van der Waals surface area contributed by atoms with E-state index >= 15 is 0 Å². The third kappa shape index (κ3) is 4.92. The number of benzene rings is 2. The predicted octanol–water partition coefficient (Wildman–Crippen LogP) is 5.62. The molecule has 28 heavy (non-hydrogen) atoms. The van der Waals surface area contributed by atoms with Gasteiger partial charge in [-0.05, 0) is 49.4 Å². The van der Waals surface area contributed by atoms with Gasteiger partial charge in [-0.25, -0.2) is 9.37 Å². The first-order valence-corrected chi connectivity index (χ1v) is 8.97. The predicted molar refractivity (Wildman–Crippen MR) is 97.3 cm³/mol. The molecule has 2 aromatic carbocycles. The molecule has 1 aromatic heterocycles. The molecule has 1 unspecified atom stereocenters. The van der Waals surface area contributed by atoms with Crippen molar-refractivity contribution in [2.75, 3.05) is 5.32 Å². The van der Waals surface area contributed by atoms with E-state index in [0.29, 0.717) is 11.3 Å². The number of alkyl halides is 3. The SMILES string of the molecule is CC(Sc1ncc(-c2ccc(F)cc2)o1)C(=O)Nc1cccc(C(F)(F)F)c1. The highest BCUT2D eigenvalue weighted by Gasteiger charge is 2.30. The topological polar surface area (TPSA) is 55.1 Å². The normalized spacial score (nSPS) is 12.6. The maximum absolute atomic E-state index is 13.0. The Bertz CT molecular complexity index is 971. The summed E-state index contributed by atoms with van der Waals surface area (Å²) in [6.45, 7) is 1.58. The Hall–Kier alpha value is -2.81. The lowest BCUT2D eigenvalue weighted by Crippen LogP contribution is -2.22. The first-order chi connectivity index (χ1) is 13.2. The Morgan fingerprint density at radius 1 is 1.18 bits per heavy atom. The van der Waals surface area contributed by atoms with Crippen molar-refractivity contribution >= 4 is 23.4 Å². The molecule has 0 aliphatic carbocycles. The van der Waals surface area contributed by atoms with E-state index in [1.54, 1.807) is 6.92 Å². The summed E-state index contributed by atoms with van der Waals surface area (Å²) in [4.78, 5) is 16.3. The Balaban J connectivity index is 1.64. The first-order valence-electron chi connectivity index (χ1n) is 8.09. The number of hydrogen-bond donors (Lipinski definition) is 1. The van der Waals surface area contributed by atoms with Crippen LogP contribution in [0, 0.1) is 5.82 Å². The van der Waals surface area contributed by atoms with Crippen LogP contribution in [-0.2, 0) is 11.0 Å². The minimum atomic E-state index is -4.49. The lowest BCUT2D eigenvalue weighted by Gasteiger charge is -2.12. The molecule has 0 aliphatic heterocycles. The van der Waals surface area contributed by atoms with Gasteiger partial charge in [-0.2, -0.15) is 13.2 Å². The van der Waals surface area contributed by atoms with Gasteiger partial charge in [-0.1, -0.05) is 17.8 Å². The molecule has 0 aliphatic rings. The second kappa shape index (κ2) is 8.05. The minimum Gasteiger partial charge on any atom is -0.431 e. The molecule has 1 N–H and O–H groups in total. The maximum Gasteiger partial charge on any atom is 0.416 e. The summed E-state index contributed by atoms with van der Waals surface area (Å²) in [6, 6.07) is 10.0. The van der Waals surface area contributed by atoms with Crippen molar-refractivity contribution in [3.05, 3.63) is 66.1 Å². The van der Waals surface area contributed by atoms with Crippen LogP contribution in [0.3, 0.4) is 0 Å². The van der Waals surface area contributed by atoms with Crippen molar-refractivity contribution in [1.82, 2.24) is 4.98 Å². The van der Waals surface area contributed by atoms with Gasteiger partial charge >= 0.3 is 6.18 Å². The quantitative estimate of drug-likeness (QED) is 0.438. The van der Waals surface area contributed by atoms with Gasteiger partial charge in [0.1, 0.15) is 5.82 Å². The van der Waals surface area contributed by atoms with Crippen molar-refractivity contribution in [2.45, 2.75) is 23.6 Å². The number of halogens is 4. The van der Waals surface area contributed by atoms with Gasteiger partial charge in [0, 0.05) is 11.3 Å². The molecule has 1 heterocycles. The number of amides is 1. The molecule has 0 fully saturated rings. The number of carbonyl (C=O) groups is 1. The number of nitrogens with one attached hydrogen (secondary N) is 1. The highest BCUT2D eigenvalue weighted by atomic mass is 32.2. The second-order valence-electron chi connectivity index (χ2n) is 5.83. The van der Waals surface area contributed by atoms with Gasteiger partial charge in [0.05, 0.1) is 17.0 Å². The van der Waals surface area contributed by atoms with Gasteiger partial charge in [-0.15, -0.1) is 0 Å². The molecule has 3 rings (SSSR count). The van der Waals surface area contributed by atoms with E-state index < -0.39 is 22.9 Å². The largest absolute Gasteiger partial charge is 0.431 e. The van der Waals surface area contributed by atoms with Crippen molar-refractivity contribution in [1.29, 1.82) is 0 Å². The highest BCUT2D eigenvalue weighted by molar-refractivity contribution is 8.00. The molecular weight excluding hydrogens is 396 g/mol. The second-order valence-corrected chi connectivity index (χ2v) is 7.12. The summed E-state index contributed by atoms with van der Waals surface area (Å²) >= 11 is 1.01. The molecule has 0 saturated heterocycles. The lowest BCUT2D eigenvalue weighted by atomic mass is 10.2. The molecule has 3 aromatic rings. The van der Waals surface area contributed by atoms with E-state index in [2.05, 4.69) is 10.3 Å². The zero-order valence-electron chi connectivity index (χ0n) is 14.5. The summed E-state index contributed by atoms with van der Waals surface area (Å²) in [6.07, 6.45) is -3.04. The summed E-state index contributed by atoms with van der Waals surface area (Å²) in [7, 11) is 0. The zero-order chi connectivity index (χ0) is 20.3. The molecule has 9 heteroatoms. The van der Waals surface area contributed by atoms with Crippen LogP contribution in [0.1, 0.15) is 12.5 Å². The molecule has 0 saturated carbocycles. The molecule has 1 atom stereocenters. The molecule has 0 bridgehead atoms. The van der Waals surface area contributed by atoms with Crippen LogP contribution < -0.4 is 5.32 Å². The van der Waals surface area contributed by atoms with Gasteiger partial charge in [0.15, 0.2) is 5.76 Å². The van der Waals surface area contributed by atoms with E-state index in [1.807, 2.05) is 0 Å². The summed E-state index contributed by atoms with van der Waals surface area (Å²) in [5.74, 6) is -0.461. The smallest absolute Gasteiger partial charge is 0.416 e. The van der Waals surface area contributed by atoms with Crippen LogP contribution in [0.2, 0.25) is 0 Å². The lowest BCUT2D eigenvalue weighted by molar-refractivity contribution is -0.137. The number of hydrogen-bond acceptors (Lipinski definition) is 4. The summed E-state index contributed by atoms with van der Waals surface area (Å²) < 4.78 is 56.8. The Labute approximate surface area is 162 Å². The van der Waals surface area contributed by atoms with Crippen LogP contribution >= 0.6 is 11.8 Å². The third-order valence-corrected chi connectivity index (χ3v) is 4.68. The van der Waals surface area contributed by atoms with Crippen LogP contribution in [0.5, 0.6) is 0 Å². The van der Waals surface area contributed by atoms with Crippen molar-refractivity contribution in [3.8, 4) is 11.3 Å². The maximum atomic E-state index is 13.0. The summed E-state index contributed by atoms with van der Waals surface area (Å²) in [5, 5.41) is 1.99. The van der Waals surface area contributed by atoms with Gasteiger partial charge < -0.3 is 9.73 Å². The highest BCUT2D eigenvalue weighted by Crippen LogP contribution is 2.31. The fourth-order valence-electron chi connectivity index (χ4n) is 2.28. The average molecular weight is 410 g/mol. The number of aromatic nitrogens is 1. The zero-order valence-corrected chi connectivity index (χ0v) is 15.3. The summed E-state index contributed by atoms with van der Waals surface area (Å²) in [5.41, 5.74) is -0.171. The standard InChI is InChI=1S/C19H14F4N2O2S/c1-11(17(26)25-15-4-2-3-13(9-15)19(21,22)23)28-18-24-10-16(27-18)12-5-7-14(20)8-6-12/h2-11H,1H3,(H,25,26). The van der Waals surface area contributed by atoms with Gasteiger partial charge in [0.25, 0.3) is 5.22 Å². The molecular formula is C19H14F4N2O2S. The van der Waals surface area contributed by atoms with Gasteiger partial charge in [0.2, 0.25) is 5.91 Å². The van der Waals surface area contributed by atoms with E-state index in [9.17, 15) is 22.4 Å². The molecule has 1 amide bonds. The van der Waals surface area contributed by atoms with Crippen molar-refractivity contribution < 1.29 is 26.8 Å². The first kappa shape index (κ1) is 19.9. The number of nitrogens with zero attached hydrogens (tertiary/aromatic N) is 1. The molecule has 0 radical (unpaired) electrons. The van der Waals surface area contributed by atoms with Gasteiger partial charge in [-0.3, -0.25) is 4.79 Å². The van der Waals surface area contributed by atoms with E-state index in [0.717, 1.165) is 23.9 Å². The van der Waals surface area contributed by atoms with Crippen LogP contribution in [0.15, 0.2) is 64.4 Å². The number of thioether (sulfide) groups is 1. The van der Waals surface area contributed by atoms with Crippen molar-refractivity contribution in [2.24, 2.45) is 0 Å². The minimum absolute atomic E-state index is 0.0479. The number of carbonyl (C=O) groups excluding carboxylic acids is 1. The number of anilines is 1. The van der Waals surface area contributed by atoms with Crippen LogP contribution in [0.25, 0.3) is 11.3 Å². The molecule has 0 spiro atoms. The van der Waals surface area contributed by atoms with Crippen molar-refractivity contribution in [3.63, 3.8) is 0 Å². The molecule has 4 nitrogen and oxygen atoms in total. The van der Waals surface area contributed by atoms with E-state index in [4.69, 9.17) is 4.42 Å². The fourth-order valence-corrected chi connectivity index (χ4v) is 3.00. The number of oxazole rings is 1. The van der Waals surface area contributed by atoms with E-state index in [1.165, 1.54) is 42.6 Å². The monoisotopic (exact) mass is 410 g/mol. The Kier molecular flexibility index (Phi) is 5.73. The molecule has 146 valence electrons. The Morgan fingerprint density at radius 2 is 1.89 bits per heavy atom. The average Bonchev–Trinajstić information content (AvgIpc) is 3.10. The van der Waals surface area contributed by atoms with E-state index in [-0.39, 0.29) is 16.7 Å². The van der Waals surface area contributed by atoms with Crippen LogP contribution in [-0.4, -0.2) is 16.1 Å². The number of rotatable bonds is 5. The third-order valence-electron chi connectivity index (χ3n) is 3.72. The van der Waals surface area contributed by atoms with Crippen LogP contribution in [0.4, 0.5) is 23.2 Å².